The molecular formula is C21H38N2O7. The fourth-order valence-corrected chi connectivity index (χ4v) is 2.76. The van der Waals surface area contributed by atoms with Crippen LogP contribution in [0.2, 0.25) is 0 Å². The molecule has 0 heterocycles. The summed E-state index contributed by atoms with van der Waals surface area (Å²) in [5, 5.41) is 16.3. The zero-order valence-corrected chi connectivity index (χ0v) is 19.6. The molecule has 0 saturated carbocycles. The van der Waals surface area contributed by atoms with Crippen LogP contribution in [0.15, 0.2) is 12.7 Å². The van der Waals surface area contributed by atoms with Gasteiger partial charge in [-0.25, -0.2) is 14.4 Å². The molecule has 9 heteroatoms. The maximum Gasteiger partial charge on any atom is 0.408 e. The Morgan fingerprint density at radius 2 is 1.47 bits per heavy atom. The number of hydrogen-bond acceptors (Lipinski definition) is 7. The second-order valence-electron chi connectivity index (χ2n) is 9.44. The Morgan fingerprint density at radius 3 is 1.83 bits per heavy atom. The van der Waals surface area contributed by atoms with Gasteiger partial charge in [-0.05, 0) is 47.5 Å². The van der Waals surface area contributed by atoms with Crippen LogP contribution in [0.5, 0.6) is 0 Å². The second-order valence-corrected chi connectivity index (χ2v) is 9.44. The van der Waals surface area contributed by atoms with E-state index in [9.17, 15) is 19.5 Å². The highest BCUT2D eigenvalue weighted by atomic mass is 16.6. The molecule has 174 valence electrons. The molecule has 30 heavy (non-hydrogen) atoms. The number of rotatable bonds is 8. The fraction of sp³-hybridized carbons (Fsp3) is 0.762. The zero-order valence-electron chi connectivity index (χ0n) is 19.6. The molecule has 3 N–H and O–H groups in total. The summed E-state index contributed by atoms with van der Waals surface area (Å²) in [7, 11) is 1.13. The van der Waals surface area contributed by atoms with Gasteiger partial charge in [0.05, 0.1) is 13.2 Å². The van der Waals surface area contributed by atoms with E-state index < -0.39 is 47.0 Å². The summed E-state index contributed by atoms with van der Waals surface area (Å²) >= 11 is 0. The molecule has 0 aliphatic carbocycles. The van der Waals surface area contributed by atoms with Gasteiger partial charge in [0.1, 0.15) is 17.3 Å². The lowest BCUT2D eigenvalue weighted by Crippen LogP contribution is -2.68. The van der Waals surface area contributed by atoms with Gasteiger partial charge in [-0.15, -0.1) is 6.58 Å². The van der Waals surface area contributed by atoms with Crippen LogP contribution in [-0.2, 0) is 19.0 Å². The SMILES string of the molecule is C=CC[C@@]([15NH]C(=O)OC(C)(C)C)(C(=O)OC)[C@H](O)[C@@H](NC(=O)OC(C)(C)C)C(C)C. The third-order valence-corrected chi connectivity index (χ3v) is 3.99. The molecule has 9 nitrogen and oxygen atoms in total. The first-order chi connectivity index (χ1) is 13.5. The van der Waals surface area contributed by atoms with Gasteiger partial charge in [0.25, 0.3) is 0 Å². The number of aliphatic hydroxyl groups excluding tert-OH is 1. The van der Waals surface area contributed by atoms with Crippen LogP contribution in [0, 0.1) is 5.92 Å². The van der Waals surface area contributed by atoms with Gasteiger partial charge in [0.15, 0.2) is 5.54 Å². The first kappa shape index (κ1) is 27.7. The Labute approximate surface area is 179 Å². The van der Waals surface area contributed by atoms with Gasteiger partial charge in [-0.3, -0.25) is 0 Å². The lowest BCUT2D eigenvalue weighted by Gasteiger charge is -2.40. The average Bonchev–Trinajstić information content (AvgIpc) is 2.54. The predicted octanol–water partition coefficient (Wildman–Crippen LogP) is 2.91. The number of esters is 1. The van der Waals surface area contributed by atoms with Crippen LogP contribution in [0.4, 0.5) is 9.59 Å². The number of hydrogen-bond donors (Lipinski definition) is 3. The number of aliphatic hydroxyl groups is 1. The highest BCUT2D eigenvalue weighted by Gasteiger charge is 2.51. The van der Waals surface area contributed by atoms with E-state index in [0.29, 0.717) is 0 Å². The van der Waals surface area contributed by atoms with Crippen molar-refractivity contribution in [2.45, 2.75) is 90.7 Å². The van der Waals surface area contributed by atoms with E-state index in [1.807, 2.05) is 0 Å². The monoisotopic (exact) mass is 431 g/mol. The van der Waals surface area contributed by atoms with Crippen molar-refractivity contribution >= 4 is 18.2 Å². The number of amides is 2. The third-order valence-electron chi connectivity index (χ3n) is 3.99. The Balaban J connectivity index is 6.07. The van der Waals surface area contributed by atoms with Crippen LogP contribution >= 0.6 is 0 Å². The molecule has 0 saturated heterocycles. The molecule has 0 aromatic heterocycles. The predicted molar refractivity (Wildman–Crippen MR) is 113 cm³/mol. The standard InChI is InChI=1S/C21H38N2O7/c1-11-12-21(16(25)28-10,23-18(27)30-20(7,8)9)15(24)14(13(2)3)22-17(26)29-19(4,5)6/h11,13-15,24H,1,12H2,2-10H3,(H,22,26)(H,23,27)/t14-,15+,21-/m0/s1/i23+1. The molecule has 0 spiro atoms. The molecule has 0 aromatic rings. The van der Waals surface area contributed by atoms with Gasteiger partial charge in [-0.2, -0.15) is 0 Å². The van der Waals surface area contributed by atoms with Crippen LogP contribution in [0.3, 0.4) is 0 Å². The molecule has 2 amide bonds. The largest absolute Gasteiger partial charge is 0.467 e. The van der Waals surface area contributed by atoms with Gasteiger partial charge in [0.2, 0.25) is 0 Å². The maximum absolute atomic E-state index is 12.8. The number of carbonyl (C=O) groups is 3. The number of alkyl carbamates (subject to hydrolysis) is 2. The fourth-order valence-electron chi connectivity index (χ4n) is 2.76. The van der Waals surface area contributed by atoms with Crippen molar-refractivity contribution in [3.05, 3.63) is 12.7 Å². The van der Waals surface area contributed by atoms with Crippen molar-refractivity contribution in [3.8, 4) is 0 Å². The summed E-state index contributed by atoms with van der Waals surface area (Å²) in [5.74, 6) is -1.24. The van der Waals surface area contributed by atoms with Crippen molar-refractivity contribution in [2.24, 2.45) is 5.92 Å². The highest BCUT2D eigenvalue weighted by Crippen LogP contribution is 2.26. The summed E-state index contributed by atoms with van der Waals surface area (Å²) in [5.41, 5.74) is -3.54. The van der Waals surface area contributed by atoms with E-state index in [-0.39, 0.29) is 12.3 Å². The molecular weight excluding hydrogens is 393 g/mol. The molecule has 3 atom stereocenters. The zero-order chi connectivity index (χ0) is 23.9. The van der Waals surface area contributed by atoms with Crippen molar-refractivity contribution in [3.63, 3.8) is 0 Å². The topological polar surface area (TPSA) is 123 Å². The lowest BCUT2D eigenvalue weighted by atomic mass is 9.82. The van der Waals surface area contributed by atoms with E-state index >= 15 is 0 Å². The van der Waals surface area contributed by atoms with Crippen molar-refractivity contribution in [2.75, 3.05) is 7.11 Å². The van der Waals surface area contributed by atoms with Gasteiger partial charge in [-0.1, -0.05) is 19.9 Å². The molecule has 0 radical (unpaired) electrons. The summed E-state index contributed by atoms with van der Waals surface area (Å²) in [6.45, 7) is 17.2. The molecule has 0 fully saturated rings. The minimum Gasteiger partial charge on any atom is -0.467 e. The minimum absolute atomic E-state index is 0.167. The number of methoxy groups -OCH3 is 1. The van der Waals surface area contributed by atoms with Gasteiger partial charge in [0, 0.05) is 6.42 Å². The molecule has 0 aliphatic rings. The van der Waals surface area contributed by atoms with Crippen LogP contribution < -0.4 is 10.6 Å². The second kappa shape index (κ2) is 10.7. The molecule has 0 aromatic carbocycles. The smallest absolute Gasteiger partial charge is 0.408 e. The number of ether oxygens (including phenoxy) is 3. The first-order valence-corrected chi connectivity index (χ1v) is 9.87. The van der Waals surface area contributed by atoms with E-state index in [2.05, 4.69) is 17.2 Å². The maximum atomic E-state index is 12.8. The van der Waals surface area contributed by atoms with Crippen molar-refractivity contribution in [1.29, 1.82) is 0 Å². The van der Waals surface area contributed by atoms with E-state index in [1.54, 1.807) is 55.4 Å². The van der Waals surface area contributed by atoms with Gasteiger partial charge >= 0.3 is 18.2 Å². The summed E-state index contributed by atoms with van der Waals surface area (Å²) in [6.07, 6.45) is -2.08. The third kappa shape index (κ3) is 8.61. The Bertz CT molecular complexity index is 620. The Hall–Kier alpha value is -2.29. The molecule has 0 bridgehead atoms. The molecule has 0 unspecified atom stereocenters. The highest BCUT2D eigenvalue weighted by molar-refractivity contribution is 5.87. The van der Waals surface area contributed by atoms with Crippen LogP contribution in [0.1, 0.15) is 61.8 Å². The number of carbonyl (C=O) groups excluding carboxylic acids is 3. The Morgan fingerprint density at radius 1 is 1.00 bits per heavy atom. The van der Waals surface area contributed by atoms with E-state index in [1.165, 1.54) is 6.08 Å². The summed E-state index contributed by atoms with van der Waals surface area (Å²) in [6, 6.07) is -0.964. The van der Waals surface area contributed by atoms with Crippen molar-refractivity contribution in [1.82, 2.24) is 10.6 Å². The average molecular weight is 432 g/mol. The van der Waals surface area contributed by atoms with Crippen molar-refractivity contribution < 1.29 is 33.7 Å². The lowest BCUT2D eigenvalue weighted by molar-refractivity contribution is -0.155. The normalized spacial score (nSPS) is 16.0. The van der Waals surface area contributed by atoms with Crippen LogP contribution in [-0.4, -0.2) is 59.3 Å². The summed E-state index contributed by atoms with van der Waals surface area (Å²) in [4.78, 5) is 37.6. The first-order valence-electron chi connectivity index (χ1n) is 9.87. The van der Waals surface area contributed by atoms with Gasteiger partial charge < -0.3 is 30.0 Å². The number of nitrogens with one attached hydrogen (secondary N) is 2. The van der Waals surface area contributed by atoms with Crippen LogP contribution in [0.25, 0.3) is 0 Å². The quantitative estimate of drug-likeness (QED) is 0.234. The summed E-state index contributed by atoms with van der Waals surface area (Å²) < 4.78 is 15.4. The van der Waals surface area contributed by atoms with E-state index in [4.69, 9.17) is 14.2 Å². The minimum atomic E-state index is -1.94. The Kier molecular flexibility index (Phi) is 9.84. The molecule has 0 aliphatic heterocycles. The molecule has 0 rings (SSSR count). The van der Waals surface area contributed by atoms with E-state index in [0.717, 1.165) is 7.11 Å².